The number of ketones is 1. The van der Waals surface area contributed by atoms with Gasteiger partial charge in [0.25, 0.3) is 5.91 Å². The van der Waals surface area contributed by atoms with Gasteiger partial charge in [-0.25, -0.2) is 4.98 Å². The van der Waals surface area contributed by atoms with Gasteiger partial charge in [0.15, 0.2) is 12.4 Å². The van der Waals surface area contributed by atoms with Crippen molar-refractivity contribution in [2.24, 2.45) is 0 Å². The second-order valence-corrected chi connectivity index (χ2v) is 8.46. The van der Waals surface area contributed by atoms with Crippen molar-refractivity contribution in [1.29, 1.82) is 0 Å². The Hall–Kier alpha value is -2.99. The molecule has 1 aliphatic heterocycles. The van der Waals surface area contributed by atoms with Crippen LogP contribution < -0.4 is 9.64 Å². The van der Waals surface area contributed by atoms with E-state index in [0.717, 1.165) is 16.3 Å². The van der Waals surface area contributed by atoms with Gasteiger partial charge in [0.2, 0.25) is 0 Å². The summed E-state index contributed by atoms with van der Waals surface area (Å²) >= 11 is 1.57. The van der Waals surface area contributed by atoms with E-state index in [1.165, 1.54) is 10.5 Å². The first-order valence-electron chi connectivity index (χ1n) is 9.55. The quantitative estimate of drug-likeness (QED) is 0.568. The molecule has 3 aromatic rings. The number of benzene rings is 2. The lowest BCUT2D eigenvalue weighted by Crippen LogP contribution is -2.42. The predicted molar refractivity (Wildman–Crippen MR) is 115 cm³/mol. The number of aromatic nitrogens is 1. The monoisotopic (exact) mass is 406 g/mol. The summed E-state index contributed by atoms with van der Waals surface area (Å²) in [6, 6.07) is 13.2. The standard InChI is InChI=1S/C23H22N2O3S/c1-14(2)16-4-6-17(7-5-16)21(26)11-25-20-10-18(19-13-29-15(3)24-19)8-9-22(20)28-12-23(25)27/h4-10,13-14H,11-12H2,1-3H3. The van der Waals surface area contributed by atoms with E-state index in [4.69, 9.17) is 4.74 Å². The van der Waals surface area contributed by atoms with Gasteiger partial charge in [-0.05, 0) is 36.6 Å². The van der Waals surface area contributed by atoms with Crippen molar-refractivity contribution < 1.29 is 14.3 Å². The summed E-state index contributed by atoms with van der Waals surface area (Å²) in [5.74, 6) is 0.676. The molecule has 29 heavy (non-hydrogen) atoms. The number of ether oxygens (including phenoxy) is 1. The predicted octanol–water partition coefficient (Wildman–Crippen LogP) is 4.85. The molecule has 148 valence electrons. The van der Waals surface area contributed by atoms with Crippen LogP contribution in [-0.2, 0) is 4.79 Å². The fourth-order valence-electron chi connectivity index (χ4n) is 3.32. The maximum Gasteiger partial charge on any atom is 0.265 e. The number of fused-ring (bicyclic) bond motifs is 1. The molecular formula is C23H22N2O3S. The molecule has 0 saturated carbocycles. The van der Waals surface area contributed by atoms with Crippen molar-refractivity contribution in [2.75, 3.05) is 18.1 Å². The van der Waals surface area contributed by atoms with Crippen LogP contribution in [0.25, 0.3) is 11.3 Å². The van der Waals surface area contributed by atoms with Gasteiger partial charge in [-0.3, -0.25) is 14.5 Å². The normalized spacial score (nSPS) is 13.4. The molecule has 5 nitrogen and oxygen atoms in total. The van der Waals surface area contributed by atoms with Gasteiger partial charge in [-0.1, -0.05) is 38.1 Å². The van der Waals surface area contributed by atoms with E-state index in [0.29, 0.717) is 22.9 Å². The number of amides is 1. The molecule has 1 amide bonds. The van der Waals surface area contributed by atoms with Crippen molar-refractivity contribution in [3.63, 3.8) is 0 Å². The Labute approximate surface area is 174 Å². The summed E-state index contributed by atoms with van der Waals surface area (Å²) in [7, 11) is 0. The van der Waals surface area contributed by atoms with E-state index in [-0.39, 0.29) is 24.8 Å². The van der Waals surface area contributed by atoms with Gasteiger partial charge >= 0.3 is 0 Å². The molecule has 0 radical (unpaired) electrons. The molecule has 4 rings (SSSR count). The van der Waals surface area contributed by atoms with Crippen molar-refractivity contribution in [3.8, 4) is 17.0 Å². The van der Waals surface area contributed by atoms with Gasteiger partial charge in [-0.15, -0.1) is 11.3 Å². The minimum Gasteiger partial charge on any atom is -0.482 e. The van der Waals surface area contributed by atoms with Crippen molar-refractivity contribution >= 4 is 28.7 Å². The highest BCUT2D eigenvalue weighted by Gasteiger charge is 2.28. The lowest BCUT2D eigenvalue weighted by Gasteiger charge is -2.29. The van der Waals surface area contributed by atoms with E-state index in [1.807, 2.05) is 54.8 Å². The molecule has 1 aromatic heterocycles. The average molecular weight is 407 g/mol. The highest BCUT2D eigenvalue weighted by Crippen LogP contribution is 2.36. The first-order chi connectivity index (χ1) is 13.9. The van der Waals surface area contributed by atoms with Crippen molar-refractivity contribution in [3.05, 3.63) is 64.0 Å². The van der Waals surface area contributed by atoms with Gasteiger partial charge in [0.05, 0.1) is 22.9 Å². The zero-order valence-electron chi connectivity index (χ0n) is 16.6. The first kappa shape index (κ1) is 19.3. The molecule has 0 bridgehead atoms. The first-order valence-corrected chi connectivity index (χ1v) is 10.4. The average Bonchev–Trinajstić information content (AvgIpc) is 3.16. The zero-order chi connectivity index (χ0) is 20.5. The number of hydrogen-bond donors (Lipinski definition) is 0. The molecule has 0 saturated heterocycles. The Balaban J connectivity index is 1.62. The molecule has 0 unspecified atom stereocenters. The summed E-state index contributed by atoms with van der Waals surface area (Å²) in [5, 5.41) is 2.95. The van der Waals surface area contributed by atoms with E-state index >= 15 is 0 Å². The summed E-state index contributed by atoms with van der Waals surface area (Å²) in [6.45, 7) is 6.09. The van der Waals surface area contributed by atoms with Gasteiger partial charge in [0.1, 0.15) is 5.75 Å². The molecule has 0 spiro atoms. The topological polar surface area (TPSA) is 59.5 Å². The van der Waals surface area contributed by atoms with Crippen molar-refractivity contribution in [1.82, 2.24) is 4.98 Å². The largest absolute Gasteiger partial charge is 0.482 e. The van der Waals surface area contributed by atoms with Crippen LogP contribution in [0.2, 0.25) is 0 Å². The number of carbonyl (C=O) groups is 2. The Morgan fingerprint density at radius 1 is 1.21 bits per heavy atom. The van der Waals surface area contributed by atoms with Crippen LogP contribution in [0.15, 0.2) is 47.8 Å². The van der Waals surface area contributed by atoms with Gasteiger partial charge < -0.3 is 4.74 Å². The second-order valence-electron chi connectivity index (χ2n) is 7.40. The Morgan fingerprint density at radius 2 is 1.97 bits per heavy atom. The maximum absolute atomic E-state index is 12.9. The van der Waals surface area contributed by atoms with Crippen LogP contribution in [0.3, 0.4) is 0 Å². The number of anilines is 1. The maximum atomic E-state index is 12.9. The lowest BCUT2D eigenvalue weighted by atomic mass is 10.00. The minimum absolute atomic E-state index is 0.0181. The summed E-state index contributed by atoms with van der Waals surface area (Å²) < 4.78 is 5.57. The smallest absolute Gasteiger partial charge is 0.265 e. The number of rotatable bonds is 5. The molecule has 2 heterocycles. The molecule has 2 aromatic carbocycles. The van der Waals surface area contributed by atoms with E-state index in [1.54, 1.807) is 11.3 Å². The SMILES string of the molecule is Cc1nc(-c2ccc3c(c2)N(CC(=O)c2ccc(C(C)C)cc2)C(=O)CO3)cs1. The van der Waals surface area contributed by atoms with Crippen molar-refractivity contribution in [2.45, 2.75) is 26.7 Å². The third-order valence-corrected chi connectivity index (χ3v) is 5.79. The third-order valence-electron chi connectivity index (χ3n) is 5.02. The minimum atomic E-state index is -0.226. The van der Waals surface area contributed by atoms with E-state index in [2.05, 4.69) is 18.8 Å². The van der Waals surface area contributed by atoms with E-state index in [9.17, 15) is 9.59 Å². The Kier molecular flexibility index (Phi) is 5.20. The molecule has 0 N–H and O–H groups in total. The summed E-state index contributed by atoms with van der Waals surface area (Å²) in [6.07, 6.45) is 0. The van der Waals surface area contributed by atoms with Crippen LogP contribution in [0.5, 0.6) is 5.75 Å². The number of hydrogen-bond acceptors (Lipinski definition) is 5. The summed E-state index contributed by atoms with van der Waals surface area (Å²) in [5.41, 5.74) is 4.13. The molecule has 0 aliphatic carbocycles. The third kappa shape index (κ3) is 3.93. The van der Waals surface area contributed by atoms with Gasteiger partial charge in [0, 0.05) is 16.5 Å². The molecule has 0 fully saturated rings. The number of thiazole rings is 1. The van der Waals surface area contributed by atoms with Crippen LogP contribution in [-0.4, -0.2) is 29.8 Å². The Morgan fingerprint density at radius 3 is 2.62 bits per heavy atom. The molecule has 1 aliphatic rings. The molecule has 0 atom stereocenters. The van der Waals surface area contributed by atoms with Crippen LogP contribution in [0, 0.1) is 6.92 Å². The van der Waals surface area contributed by atoms with Crippen LogP contribution in [0.4, 0.5) is 5.69 Å². The highest BCUT2D eigenvalue weighted by molar-refractivity contribution is 7.09. The number of Topliss-reactive ketones (excluding diaryl/α,β-unsaturated/α-hetero) is 1. The number of aryl methyl sites for hydroxylation is 1. The number of carbonyl (C=O) groups excluding carboxylic acids is 2. The lowest BCUT2D eigenvalue weighted by molar-refractivity contribution is -0.121. The second kappa shape index (κ2) is 7.79. The van der Waals surface area contributed by atoms with E-state index < -0.39 is 0 Å². The summed E-state index contributed by atoms with van der Waals surface area (Å²) in [4.78, 5) is 31.4. The fraction of sp³-hybridized carbons (Fsp3) is 0.261. The fourth-order valence-corrected chi connectivity index (χ4v) is 3.94. The van der Waals surface area contributed by atoms with Crippen LogP contribution >= 0.6 is 11.3 Å². The number of nitrogens with zero attached hydrogens (tertiary/aromatic N) is 2. The molecular weight excluding hydrogens is 384 g/mol. The Bertz CT molecular complexity index is 1070. The van der Waals surface area contributed by atoms with Gasteiger partial charge in [-0.2, -0.15) is 0 Å². The van der Waals surface area contributed by atoms with Crippen LogP contribution in [0.1, 0.15) is 40.7 Å². The molecule has 6 heteroatoms. The highest BCUT2D eigenvalue weighted by atomic mass is 32.1. The zero-order valence-corrected chi connectivity index (χ0v) is 17.5.